The standard InChI is InChI=1S/C41H52N4O3/c46-38(42-28-33-17-13-25-44(31-33)30-32-15-5-1-6-16-32)29-43-40(48)37-24-14-26-45(37)39(47)27-41(34-18-7-2-8-19-34,35-20-9-3-10-21-35)36-22-11-4-12-23-36/h2-4,7-12,18-23,32-33,37H,1,5-6,13-17,24-31H2,(H,42,46)(H,43,48)/t33-,37+/m1/s1. The molecule has 3 fully saturated rings. The number of carbonyl (C=O) groups excluding carboxylic acids is 3. The summed E-state index contributed by atoms with van der Waals surface area (Å²) in [7, 11) is 0. The van der Waals surface area contributed by atoms with Gasteiger partial charge in [-0.25, -0.2) is 0 Å². The summed E-state index contributed by atoms with van der Waals surface area (Å²) in [5.74, 6) is 0.792. The maximum atomic E-state index is 14.3. The second kappa shape index (κ2) is 16.4. The van der Waals surface area contributed by atoms with E-state index in [1.807, 2.05) is 54.6 Å². The van der Waals surface area contributed by atoms with Gasteiger partial charge in [0.05, 0.1) is 12.0 Å². The molecule has 0 bridgehead atoms. The summed E-state index contributed by atoms with van der Waals surface area (Å²) in [6.45, 7) is 4.49. The van der Waals surface area contributed by atoms with Crippen molar-refractivity contribution in [2.75, 3.05) is 39.3 Å². The smallest absolute Gasteiger partial charge is 0.243 e. The van der Waals surface area contributed by atoms with E-state index < -0.39 is 11.5 Å². The van der Waals surface area contributed by atoms with Crippen LogP contribution in [-0.2, 0) is 19.8 Å². The zero-order valence-electron chi connectivity index (χ0n) is 28.3. The summed E-state index contributed by atoms with van der Waals surface area (Å²) in [5.41, 5.74) is 2.36. The minimum atomic E-state index is -0.727. The third-order valence-corrected chi connectivity index (χ3v) is 10.9. The van der Waals surface area contributed by atoms with Gasteiger partial charge in [0.15, 0.2) is 0 Å². The highest BCUT2D eigenvalue weighted by Crippen LogP contribution is 2.43. The number of benzene rings is 3. The van der Waals surface area contributed by atoms with Crippen molar-refractivity contribution in [2.45, 2.75) is 75.7 Å². The molecule has 1 saturated carbocycles. The van der Waals surface area contributed by atoms with E-state index in [1.165, 1.54) is 45.1 Å². The molecule has 3 aromatic carbocycles. The molecule has 7 heteroatoms. The third-order valence-electron chi connectivity index (χ3n) is 10.9. The van der Waals surface area contributed by atoms with Gasteiger partial charge in [-0.3, -0.25) is 14.4 Å². The zero-order chi connectivity index (χ0) is 33.2. The fraction of sp³-hybridized carbons (Fsp3) is 0.488. The van der Waals surface area contributed by atoms with Crippen molar-refractivity contribution >= 4 is 17.7 Å². The van der Waals surface area contributed by atoms with Crippen LogP contribution in [0.2, 0.25) is 0 Å². The molecule has 7 nitrogen and oxygen atoms in total. The van der Waals surface area contributed by atoms with Gasteiger partial charge in [-0.15, -0.1) is 0 Å². The molecule has 0 unspecified atom stereocenters. The monoisotopic (exact) mass is 648 g/mol. The molecule has 6 rings (SSSR count). The van der Waals surface area contributed by atoms with Crippen LogP contribution in [0.25, 0.3) is 0 Å². The number of piperidine rings is 1. The molecular weight excluding hydrogens is 596 g/mol. The second-order valence-electron chi connectivity index (χ2n) is 14.2. The number of rotatable bonds is 12. The SMILES string of the molecule is O=C(CNC(=O)[C@@H]1CCCN1C(=O)CC(c1ccccc1)(c1ccccc1)c1ccccc1)NC[C@H]1CCCN(CC2CCCCC2)C1. The van der Waals surface area contributed by atoms with Gasteiger partial charge in [0.2, 0.25) is 17.7 Å². The van der Waals surface area contributed by atoms with Crippen LogP contribution in [0.15, 0.2) is 91.0 Å². The molecule has 3 amide bonds. The van der Waals surface area contributed by atoms with E-state index >= 15 is 0 Å². The quantitative estimate of drug-likeness (QED) is 0.239. The number of carbonyl (C=O) groups is 3. The molecule has 0 spiro atoms. The molecule has 2 heterocycles. The van der Waals surface area contributed by atoms with Crippen molar-refractivity contribution in [3.05, 3.63) is 108 Å². The lowest BCUT2D eigenvalue weighted by Gasteiger charge is -2.37. The number of hydrogen-bond acceptors (Lipinski definition) is 4. The molecule has 2 saturated heterocycles. The van der Waals surface area contributed by atoms with Crippen molar-refractivity contribution < 1.29 is 14.4 Å². The van der Waals surface area contributed by atoms with E-state index in [1.54, 1.807) is 4.90 Å². The van der Waals surface area contributed by atoms with Crippen molar-refractivity contribution in [1.82, 2.24) is 20.4 Å². The molecular formula is C41H52N4O3. The van der Waals surface area contributed by atoms with Crippen LogP contribution in [-0.4, -0.2) is 72.8 Å². The van der Waals surface area contributed by atoms with Gasteiger partial charge in [-0.05, 0) is 73.6 Å². The number of nitrogens with zero attached hydrogens (tertiary/aromatic N) is 2. The maximum absolute atomic E-state index is 14.3. The summed E-state index contributed by atoms with van der Waals surface area (Å²) in [4.78, 5) is 45.0. The Balaban J connectivity index is 1.07. The van der Waals surface area contributed by atoms with Gasteiger partial charge < -0.3 is 20.4 Å². The lowest BCUT2D eigenvalue weighted by atomic mass is 9.67. The average molecular weight is 649 g/mol. The van der Waals surface area contributed by atoms with E-state index in [0.29, 0.717) is 25.4 Å². The fourth-order valence-electron chi connectivity index (χ4n) is 8.46. The fourth-order valence-corrected chi connectivity index (χ4v) is 8.46. The highest BCUT2D eigenvalue weighted by Gasteiger charge is 2.42. The maximum Gasteiger partial charge on any atom is 0.243 e. The molecule has 2 N–H and O–H groups in total. The van der Waals surface area contributed by atoms with Gasteiger partial charge >= 0.3 is 0 Å². The lowest BCUT2D eigenvalue weighted by molar-refractivity contribution is -0.139. The molecule has 0 aromatic heterocycles. The molecule has 1 aliphatic carbocycles. The predicted molar refractivity (Wildman–Crippen MR) is 190 cm³/mol. The minimum absolute atomic E-state index is 0.0660. The molecule has 3 aromatic rings. The number of hydrogen-bond donors (Lipinski definition) is 2. The third kappa shape index (κ3) is 8.18. The normalized spacial score (nSPS) is 20.7. The zero-order valence-corrected chi connectivity index (χ0v) is 28.3. The lowest BCUT2D eigenvalue weighted by Crippen LogP contribution is -2.50. The molecule has 3 aliphatic rings. The Morgan fingerprint density at radius 1 is 0.646 bits per heavy atom. The van der Waals surface area contributed by atoms with E-state index in [2.05, 4.69) is 51.9 Å². The van der Waals surface area contributed by atoms with Crippen LogP contribution in [0.4, 0.5) is 0 Å². The van der Waals surface area contributed by atoms with Gasteiger partial charge in [0.1, 0.15) is 6.04 Å². The van der Waals surface area contributed by atoms with Crippen molar-refractivity contribution in [2.24, 2.45) is 11.8 Å². The largest absolute Gasteiger partial charge is 0.354 e. The van der Waals surface area contributed by atoms with E-state index in [9.17, 15) is 14.4 Å². The number of likely N-dealkylation sites (tertiary alicyclic amines) is 2. The Hall–Kier alpha value is -3.97. The highest BCUT2D eigenvalue weighted by atomic mass is 16.2. The summed E-state index contributed by atoms with van der Waals surface area (Å²) in [5, 5.41) is 5.94. The minimum Gasteiger partial charge on any atom is -0.354 e. The first-order valence-electron chi connectivity index (χ1n) is 18.3. The summed E-state index contributed by atoms with van der Waals surface area (Å²) < 4.78 is 0. The van der Waals surface area contributed by atoms with Gasteiger partial charge in [-0.1, -0.05) is 110 Å². The van der Waals surface area contributed by atoms with Crippen LogP contribution in [0.3, 0.4) is 0 Å². The number of nitrogens with one attached hydrogen (secondary N) is 2. The molecule has 2 atom stereocenters. The van der Waals surface area contributed by atoms with E-state index in [4.69, 9.17) is 0 Å². The molecule has 254 valence electrons. The van der Waals surface area contributed by atoms with Crippen LogP contribution >= 0.6 is 0 Å². The molecule has 48 heavy (non-hydrogen) atoms. The summed E-state index contributed by atoms with van der Waals surface area (Å²) >= 11 is 0. The highest BCUT2D eigenvalue weighted by molar-refractivity contribution is 5.91. The van der Waals surface area contributed by atoms with Gasteiger partial charge in [0.25, 0.3) is 0 Å². The van der Waals surface area contributed by atoms with Crippen LogP contribution in [0, 0.1) is 11.8 Å². The summed E-state index contributed by atoms with van der Waals surface area (Å²) in [6.07, 6.45) is 10.7. The van der Waals surface area contributed by atoms with Crippen LogP contribution in [0.1, 0.15) is 80.9 Å². The first-order valence-corrected chi connectivity index (χ1v) is 18.3. The Morgan fingerprint density at radius 3 is 1.81 bits per heavy atom. The number of amides is 3. The Morgan fingerprint density at radius 2 is 1.21 bits per heavy atom. The van der Waals surface area contributed by atoms with Crippen molar-refractivity contribution in [1.29, 1.82) is 0 Å². The van der Waals surface area contributed by atoms with Crippen LogP contribution < -0.4 is 10.6 Å². The topological polar surface area (TPSA) is 81.8 Å². The predicted octanol–water partition coefficient (Wildman–Crippen LogP) is 5.93. The first-order chi connectivity index (χ1) is 23.5. The molecule has 0 radical (unpaired) electrons. The first kappa shape index (κ1) is 33.9. The van der Waals surface area contributed by atoms with E-state index in [0.717, 1.165) is 48.5 Å². The molecule has 2 aliphatic heterocycles. The van der Waals surface area contributed by atoms with Crippen LogP contribution in [0.5, 0.6) is 0 Å². The second-order valence-corrected chi connectivity index (χ2v) is 14.2. The average Bonchev–Trinajstić information content (AvgIpc) is 3.64. The Bertz CT molecular complexity index is 1380. The van der Waals surface area contributed by atoms with Crippen molar-refractivity contribution in [3.8, 4) is 0 Å². The van der Waals surface area contributed by atoms with Crippen molar-refractivity contribution in [3.63, 3.8) is 0 Å². The Kier molecular flexibility index (Phi) is 11.6. The summed E-state index contributed by atoms with van der Waals surface area (Å²) in [6, 6.07) is 30.0. The Labute approximate surface area is 286 Å². The van der Waals surface area contributed by atoms with Gasteiger partial charge in [-0.2, -0.15) is 0 Å². The van der Waals surface area contributed by atoms with E-state index in [-0.39, 0.29) is 30.7 Å². The van der Waals surface area contributed by atoms with Gasteiger partial charge in [0, 0.05) is 32.6 Å².